The van der Waals surface area contributed by atoms with Gasteiger partial charge in [0.15, 0.2) is 34.7 Å². The molecular weight excluding hydrogens is 544 g/mol. The molecule has 0 radical (unpaired) electrons. The summed E-state index contributed by atoms with van der Waals surface area (Å²) < 4.78 is 5.97. The second-order valence-corrected chi connectivity index (χ2v) is 12.3. The van der Waals surface area contributed by atoms with Crippen LogP contribution < -0.4 is 10.6 Å². The third kappa shape index (κ3) is 4.19. The third-order valence-corrected chi connectivity index (χ3v) is 8.92. The highest BCUT2D eigenvalue weighted by Gasteiger charge is 2.69. The summed E-state index contributed by atoms with van der Waals surface area (Å²) in [6, 6.07) is 4.05. The number of anilines is 1. The molecule has 2 aromatic rings. The van der Waals surface area contributed by atoms with Crippen molar-refractivity contribution in [2.45, 2.75) is 31.0 Å². The van der Waals surface area contributed by atoms with Gasteiger partial charge in [-0.05, 0) is 70.7 Å². The standard InChI is InChI=1S/C30H36N4O8/c1-32(2)12-14-7-8-19(42-14)16-11-18(33(3)4)15-9-13-10-17-23(34(5)6)26(37)22(29(31)40)28(39)30(17,41)27(38)20(13)25(36)21(15)24(16)35/h7-8,11,13,17,20,22-23,35,41H,9-10,12H2,1-6H3,(H2,31,40)/t13-,17-,20?,22?,23-,30-/m0/s1. The smallest absolute Gasteiger partial charge is 0.235 e. The Labute approximate surface area is 243 Å². The van der Waals surface area contributed by atoms with Gasteiger partial charge in [-0.3, -0.25) is 28.9 Å². The lowest BCUT2D eigenvalue weighted by Gasteiger charge is -2.52. The maximum atomic E-state index is 14.2. The molecule has 5 rings (SSSR count). The molecule has 3 aliphatic rings. The first-order chi connectivity index (χ1) is 19.6. The lowest BCUT2D eigenvalue weighted by Crippen LogP contribution is -2.74. The van der Waals surface area contributed by atoms with Crippen LogP contribution in [0.4, 0.5) is 5.69 Å². The fourth-order valence-corrected chi connectivity index (χ4v) is 7.16. The minimum atomic E-state index is -2.77. The van der Waals surface area contributed by atoms with E-state index in [0.717, 1.165) is 0 Å². The fraction of sp³-hybridized carbons (Fsp3) is 0.500. The van der Waals surface area contributed by atoms with E-state index in [4.69, 9.17) is 10.2 Å². The number of amides is 1. The number of hydrogen-bond donors (Lipinski definition) is 3. The number of benzene rings is 1. The zero-order chi connectivity index (χ0) is 31.0. The van der Waals surface area contributed by atoms with Crippen molar-refractivity contribution in [3.8, 4) is 17.1 Å². The summed E-state index contributed by atoms with van der Waals surface area (Å²) in [5.74, 6) is -9.84. The largest absolute Gasteiger partial charge is 0.506 e. The molecule has 0 bridgehead atoms. The van der Waals surface area contributed by atoms with Crippen LogP contribution >= 0.6 is 0 Å². The zero-order valence-electron chi connectivity index (χ0n) is 24.5. The number of phenols is 1. The van der Waals surface area contributed by atoms with E-state index in [9.17, 15) is 34.2 Å². The first-order valence-corrected chi connectivity index (χ1v) is 13.8. The third-order valence-electron chi connectivity index (χ3n) is 8.92. The lowest BCUT2D eigenvalue weighted by atomic mass is 9.52. The number of phenolic OH excluding ortho intramolecular Hbond substituents is 1. The van der Waals surface area contributed by atoms with Crippen molar-refractivity contribution in [1.82, 2.24) is 9.80 Å². The molecule has 0 aliphatic heterocycles. The molecule has 2 saturated carbocycles. The van der Waals surface area contributed by atoms with E-state index in [1.54, 1.807) is 51.3 Å². The summed E-state index contributed by atoms with van der Waals surface area (Å²) in [4.78, 5) is 72.4. The van der Waals surface area contributed by atoms with Crippen LogP contribution in [-0.4, -0.2) is 103 Å². The number of hydrogen-bond acceptors (Lipinski definition) is 11. The molecule has 6 atom stereocenters. The summed E-state index contributed by atoms with van der Waals surface area (Å²) in [5.41, 5.74) is 3.96. The number of aromatic hydroxyl groups is 1. The van der Waals surface area contributed by atoms with Gasteiger partial charge in [0, 0.05) is 25.7 Å². The van der Waals surface area contributed by atoms with Gasteiger partial charge in [-0.2, -0.15) is 0 Å². The van der Waals surface area contributed by atoms with Crippen molar-refractivity contribution in [2.24, 2.45) is 29.4 Å². The van der Waals surface area contributed by atoms with Crippen LogP contribution in [-0.2, 0) is 32.1 Å². The van der Waals surface area contributed by atoms with Crippen LogP contribution in [0.2, 0.25) is 0 Å². The Morgan fingerprint density at radius 3 is 2.31 bits per heavy atom. The Morgan fingerprint density at radius 1 is 1.07 bits per heavy atom. The van der Waals surface area contributed by atoms with Crippen LogP contribution in [0.3, 0.4) is 0 Å². The van der Waals surface area contributed by atoms with Crippen molar-refractivity contribution < 1.29 is 38.6 Å². The van der Waals surface area contributed by atoms with Crippen LogP contribution in [0.15, 0.2) is 22.6 Å². The molecule has 1 heterocycles. The average molecular weight is 581 g/mol. The topological polar surface area (TPSA) is 175 Å². The van der Waals surface area contributed by atoms with E-state index < -0.39 is 64.4 Å². The number of likely N-dealkylation sites (N-methyl/N-ethyl adjacent to an activating group) is 1. The average Bonchev–Trinajstić information content (AvgIpc) is 3.33. The molecule has 3 aliphatic carbocycles. The predicted octanol–water partition coefficient (Wildman–Crippen LogP) is 0.255. The number of carbonyl (C=O) groups excluding carboxylic acids is 5. The molecule has 4 N–H and O–H groups in total. The molecule has 224 valence electrons. The molecule has 42 heavy (non-hydrogen) atoms. The summed E-state index contributed by atoms with van der Waals surface area (Å²) in [5, 5.41) is 23.3. The van der Waals surface area contributed by atoms with Crippen molar-refractivity contribution in [3.05, 3.63) is 35.1 Å². The Balaban J connectivity index is 1.65. The number of primary amides is 1. The quantitative estimate of drug-likeness (QED) is 0.400. The van der Waals surface area contributed by atoms with Gasteiger partial charge >= 0.3 is 0 Å². The number of carbonyl (C=O) groups is 5. The number of fused-ring (bicyclic) bond motifs is 3. The predicted molar refractivity (Wildman–Crippen MR) is 151 cm³/mol. The minimum absolute atomic E-state index is 0.00857. The first-order valence-electron chi connectivity index (χ1n) is 13.8. The number of ketones is 4. The summed E-state index contributed by atoms with van der Waals surface area (Å²) in [7, 11) is 10.5. The van der Waals surface area contributed by atoms with Gasteiger partial charge in [0.05, 0.1) is 29.6 Å². The minimum Gasteiger partial charge on any atom is -0.506 e. The number of furan rings is 1. The fourth-order valence-electron chi connectivity index (χ4n) is 7.16. The van der Waals surface area contributed by atoms with E-state index >= 15 is 0 Å². The maximum absolute atomic E-state index is 14.2. The monoisotopic (exact) mass is 580 g/mol. The van der Waals surface area contributed by atoms with E-state index in [1.165, 1.54) is 4.90 Å². The Bertz CT molecular complexity index is 1530. The molecule has 0 saturated heterocycles. The highest BCUT2D eigenvalue weighted by Crippen LogP contribution is 2.53. The van der Waals surface area contributed by atoms with Crippen molar-refractivity contribution >= 4 is 34.7 Å². The van der Waals surface area contributed by atoms with Crippen LogP contribution in [0.25, 0.3) is 11.3 Å². The lowest BCUT2D eigenvalue weighted by molar-refractivity contribution is -0.181. The molecule has 1 aromatic heterocycles. The van der Waals surface area contributed by atoms with Gasteiger partial charge in [-0.15, -0.1) is 0 Å². The number of aliphatic hydroxyl groups is 1. The summed E-state index contributed by atoms with van der Waals surface area (Å²) in [6.07, 6.45) is 0.169. The van der Waals surface area contributed by atoms with E-state index in [2.05, 4.69) is 0 Å². The molecule has 12 heteroatoms. The maximum Gasteiger partial charge on any atom is 0.235 e. The molecule has 2 unspecified atom stereocenters. The van der Waals surface area contributed by atoms with E-state index in [1.807, 2.05) is 19.0 Å². The number of nitrogens with zero attached hydrogens (tertiary/aromatic N) is 3. The van der Waals surface area contributed by atoms with Crippen LogP contribution in [0, 0.1) is 23.7 Å². The van der Waals surface area contributed by atoms with Gasteiger partial charge < -0.3 is 30.2 Å². The van der Waals surface area contributed by atoms with E-state index in [0.29, 0.717) is 29.3 Å². The molecule has 1 amide bonds. The van der Waals surface area contributed by atoms with Gasteiger partial charge in [-0.1, -0.05) is 0 Å². The second kappa shape index (κ2) is 10.1. The normalized spacial score (nSPS) is 29.0. The Morgan fingerprint density at radius 2 is 1.74 bits per heavy atom. The van der Waals surface area contributed by atoms with Gasteiger partial charge in [-0.25, -0.2) is 0 Å². The number of rotatable bonds is 6. The van der Waals surface area contributed by atoms with E-state index in [-0.39, 0.29) is 29.7 Å². The number of nitrogens with two attached hydrogens (primary N) is 1. The highest BCUT2D eigenvalue weighted by atomic mass is 16.3. The van der Waals surface area contributed by atoms with Gasteiger partial charge in [0.1, 0.15) is 17.3 Å². The van der Waals surface area contributed by atoms with Crippen LogP contribution in [0.5, 0.6) is 5.75 Å². The molecular formula is C30H36N4O8. The van der Waals surface area contributed by atoms with Crippen molar-refractivity contribution in [1.29, 1.82) is 0 Å². The van der Waals surface area contributed by atoms with Gasteiger partial charge in [0.2, 0.25) is 5.91 Å². The summed E-state index contributed by atoms with van der Waals surface area (Å²) in [6.45, 7) is 0.514. The van der Waals surface area contributed by atoms with Crippen molar-refractivity contribution in [2.75, 3.05) is 47.2 Å². The molecule has 2 fully saturated rings. The summed E-state index contributed by atoms with van der Waals surface area (Å²) >= 11 is 0. The molecule has 0 spiro atoms. The molecule has 1 aromatic carbocycles. The SMILES string of the molecule is CN(C)Cc1ccc(-c2cc(N(C)C)c3c(c2O)C(=O)C2C(=O)[C@]4(O)C(=O)C(C(N)=O)C(=O)[C@@H](N(C)C)[C@@H]4C[C@@H]2C3)o1. The van der Waals surface area contributed by atoms with Gasteiger partial charge in [0.25, 0.3) is 0 Å². The zero-order valence-corrected chi connectivity index (χ0v) is 24.5. The second-order valence-electron chi connectivity index (χ2n) is 12.3. The Kier molecular flexibility index (Phi) is 7.15. The Hall–Kier alpha value is -3.87. The van der Waals surface area contributed by atoms with Crippen molar-refractivity contribution in [3.63, 3.8) is 0 Å². The highest BCUT2D eigenvalue weighted by molar-refractivity contribution is 6.32. The number of Topliss-reactive ketones (excluding diaryl/α,β-unsaturated/α-hetero) is 4. The van der Waals surface area contributed by atoms with Crippen LogP contribution in [0.1, 0.15) is 28.1 Å². The molecule has 12 nitrogen and oxygen atoms in total. The first kappa shape index (κ1) is 29.6.